The Morgan fingerprint density at radius 3 is 2.75 bits per heavy atom. The molecule has 0 saturated heterocycles. The summed E-state index contributed by atoms with van der Waals surface area (Å²) in [4.78, 5) is 13.3. The van der Waals surface area contributed by atoms with Crippen LogP contribution < -0.4 is 10.5 Å². The van der Waals surface area contributed by atoms with Gasteiger partial charge in [0.1, 0.15) is 5.75 Å². The number of benzene rings is 1. The molecule has 4 heteroatoms. The standard InChI is InChI=1S/C12H18N2O2/c1-9(2)14(3)12(15)8-16-11-6-4-5-10(13)7-11/h4-7,9H,8,13H2,1-3H3. The first-order valence-corrected chi connectivity index (χ1v) is 5.24. The van der Waals surface area contributed by atoms with Gasteiger partial charge in [-0.3, -0.25) is 4.79 Å². The molecule has 1 aromatic carbocycles. The van der Waals surface area contributed by atoms with E-state index in [-0.39, 0.29) is 18.6 Å². The highest BCUT2D eigenvalue weighted by Gasteiger charge is 2.12. The van der Waals surface area contributed by atoms with Crippen molar-refractivity contribution in [3.05, 3.63) is 24.3 Å². The molecule has 0 saturated carbocycles. The molecule has 0 atom stereocenters. The van der Waals surface area contributed by atoms with Crippen molar-refractivity contribution in [1.82, 2.24) is 4.90 Å². The van der Waals surface area contributed by atoms with E-state index in [2.05, 4.69) is 0 Å². The number of anilines is 1. The molecule has 0 spiro atoms. The van der Waals surface area contributed by atoms with E-state index in [1.54, 1.807) is 36.2 Å². The van der Waals surface area contributed by atoms with Crippen LogP contribution in [0.15, 0.2) is 24.3 Å². The average molecular weight is 222 g/mol. The molecule has 0 unspecified atom stereocenters. The second kappa shape index (κ2) is 5.39. The van der Waals surface area contributed by atoms with Gasteiger partial charge in [-0.1, -0.05) is 6.07 Å². The van der Waals surface area contributed by atoms with Crippen molar-refractivity contribution in [2.24, 2.45) is 0 Å². The van der Waals surface area contributed by atoms with E-state index in [0.717, 1.165) is 0 Å². The maximum Gasteiger partial charge on any atom is 0.260 e. The van der Waals surface area contributed by atoms with Gasteiger partial charge in [0.15, 0.2) is 6.61 Å². The molecule has 1 amide bonds. The zero-order chi connectivity index (χ0) is 12.1. The van der Waals surface area contributed by atoms with E-state index >= 15 is 0 Å². The Kier molecular flexibility index (Phi) is 4.17. The number of ether oxygens (including phenoxy) is 1. The van der Waals surface area contributed by atoms with Gasteiger partial charge in [-0.2, -0.15) is 0 Å². The van der Waals surface area contributed by atoms with E-state index < -0.39 is 0 Å². The Hall–Kier alpha value is -1.71. The lowest BCUT2D eigenvalue weighted by Gasteiger charge is -2.21. The molecule has 1 rings (SSSR count). The Morgan fingerprint density at radius 1 is 1.50 bits per heavy atom. The number of likely N-dealkylation sites (N-methyl/N-ethyl adjacent to an activating group) is 1. The number of hydrogen-bond acceptors (Lipinski definition) is 3. The van der Waals surface area contributed by atoms with Gasteiger partial charge in [0.2, 0.25) is 0 Å². The third-order valence-electron chi connectivity index (χ3n) is 2.39. The van der Waals surface area contributed by atoms with Gasteiger partial charge in [0, 0.05) is 24.8 Å². The summed E-state index contributed by atoms with van der Waals surface area (Å²) in [6, 6.07) is 7.22. The van der Waals surface area contributed by atoms with E-state index in [4.69, 9.17) is 10.5 Å². The maximum atomic E-state index is 11.6. The summed E-state index contributed by atoms with van der Waals surface area (Å²) in [6.45, 7) is 3.95. The predicted octanol–water partition coefficient (Wildman–Crippen LogP) is 1.51. The van der Waals surface area contributed by atoms with Gasteiger partial charge < -0.3 is 15.4 Å². The Morgan fingerprint density at radius 2 is 2.19 bits per heavy atom. The second-order valence-corrected chi connectivity index (χ2v) is 3.96. The average Bonchev–Trinajstić information content (AvgIpc) is 2.24. The van der Waals surface area contributed by atoms with Crippen LogP contribution in [-0.4, -0.2) is 30.5 Å². The topological polar surface area (TPSA) is 55.6 Å². The smallest absolute Gasteiger partial charge is 0.260 e. The van der Waals surface area contributed by atoms with E-state index in [1.165, 1.54) is 0 Å². The summed E-state index contributed by atoms with van der Waals surface area (Å²) >= 11 is 0. The maximum absolute atomic E-state index is 11.6. The van der Waals surface area contributed by atoms with Gasteiger partial charge in [0.25, 0.3) is 5.91 Å². The van der Waals surface area contributed by atoms with Crippen LogP contribution in [-0.2, 0) is 4.79 Å². The molecule has 2 N–H and O–H groups in total. The second-order valence-electron chi connectivity index (χ2n) is 3.96. The van der Waals surface area contributed by atoms with Crippen molar-refractivity contribution in [2.75, 3.05) is 19.4 Å². The lowest BCUT2D eigenvalue weighted by atomic mass is 10.3. The molecular formula is C12H18N2O2. The van der Waals surface area contributed by atoms with Crippen molar-refractivity contribution < 1.29 is 9.53 Å². The highest BCUT2D eigenvalue weighted by Crippen LogP contribution is 2.14. The summed E-state index contributed by atoms with van der Waals surface area (Å²) in [7, 11) is 1.76. The van der Waals surface area contributed by atoms with E-state index in [0.29, 0.717) is 11.4 Å². The summed E-state index contributed by atoms with van der Waals surface area (Å²) in [5.41, 5.74) is 6.22. The van der Waals surface area contributed by atoms with Crippen LogP contribution >= 0.6 is 0 Å². The fourth-order valence-corrected chi connectivity index (χ4v) is 1.14. The molecule has 0 aliphatic heterocycles. The van der Waals surface area contributed by atoms with Gasteiger partial charge in [-0.05, 0) is 26.0 Å². The SMILES string of the molecule is CC(C)N(C)C(=O)COc1cccc(N)c1. The van der Waals surface area contributed by atoms with Gasteiger partial charge >= 0.3 is 0 Å². The van der Waals surface area contributed by atoms with Crippen molar-refractivity contribution in [2.45, 2.75) is 19.9 Å². The lowest BCUT2D eigenvalue weighted by molar-refractivity contribution is -0.133. The van der Waals surface area contributed by atoms with Crippen molar-refractivity contribution in [1.29, 1.82) is 0 Å². The van der Waals surface area contributed by atoms with Crippen molar-refractivity contribution in [3.8, 4) is 5.75 Å². The Bertz CT molecular complexity index is 364. The largest absolute Gasteiger partial charge is 0.484 e. The minimum Gasteiger partial charge on any atom is -0.484 e. The molecule has 0 bridgehead atoms. The molecule has 1 aromatic rings. The van der Waals surface area contributed by atoms with Crippen LogP contribution in [0.1, 0.15) is 13.8 Å². The number of nitrogens with two attached hydrogens (primary N) is 1. The van der Waals surface area contributed by atoms with Crippen LogP contribution in [0.4, 0.5) is 5.69 Å². The first-order valence-electron chi connectivity index (χ1n) is 5.24. The van der Waals surface area contributed by atoms with Crippen LogP contribution in [0.2, 0.25) is 0 Å². The first-order chi connectivity index (χ1) is 7.50. The fourth-order valence-electron chi connectivity index (χ4n) is 1.14. The third-order valence-corrected chi connectivity index (χ3v) is 2.39. The van der Waals surface area contributed by atoms with Crippen molar-refractivity contribution >= 4 is 11.6 Å². The fraction of sp³-hybridized carbons (Fsp3) is 0.417. The van der Waals surface area contributed by atoms with Gasteiger partial charge in [0.05, 0.1) is 0 Å². The Labute approximate surface area is 96.0 Å². The number of hydrogen-bond donors (Lipinski definition) is 1. The third kappa shape index (κ3) is 3.46. The predicted molar refractivity (Wildman–Crippen MR) is 64.3 cm³/mol. The van der Waals surface area contributed by atoms with Crippen molar-refractivity contribution in [3.63, 3.8) is 0 Å². The van der Waals surface area contributed by atoms with E-state index in [9.17, 15) is 4.79 Å². The molecule has 0 aliphatic rings. The van der Waals surface area contributed by atoms with Crippen LogP contribution in [0.3, 0.4) is 0 Å². The zero-order valence-electron chi connectivity index (χ0n) is 9.93. The quantitative estimate of drug-likeness (QED) is 0.786. The van der Waals surface area contributed by atoms with Gasteiger partial charge in [-0.15, -0.1) is 0 Å². The summed E-state index contributed by atoms with van der Waals surface area (Å²) in [5.74, 6) is 0.572. The number of carbonyl (C=O) groups is 1. The first kappa shape index (κ1) is 12.4. The summed E-state index contributed by atoms with van der Waals surface area (Å²) in [6.07, 6.45) is 0. The molecule has 16 heavy (non-hydrogen) atoms. The highest BCUT2D eigenvalue weighted by molar-refractivity contribution is 5.77. The Balaban J connectivity index is 2.49. The molecule has 88 valence electrons. The molecule has 0 fully saturated rings. The highest BCUT2D eigenvalue weighted by atomic mass is 16.5. The van der Waals surface area contributed by atoms with Crippen LogP contribution in [0.25, 0.3) is 0 Å². The molecule has 4 nitrogen and oxygen atoms in total. The minimum absolute atomic E-state index is 0.0398. The number of rotatable bonds is 4. The molecule has 0 radical (unpaired) electrons. The zero-order valence-corrected chi connectivity index (χ0v) is 9.93. The number of amides is 1. The molecular weight excluding hydrogens is 204 g/mol. The van der Waals surface area contributed by atoms with Crippen LogP contribution in [0.5, 0.6) is 5.75 Å². The normalized spacial score (nSPS) is 10.2. The van der Waals surface area contributed by atoms with E-state index in [1.807, 2.05) is 13.8 Å². The number of nitrogens with zero attached hydrogens (tertiary/aromatic N) is 1. The molecule has 0 aromatic heterocycles. The van der Waals surface area contributed by atoms with Crippen LogP contribution in [0, 0.1) is 0 Å². The monoisotopic (exact) mass is 222 g/mol. The summed E-state index contributed by atoms with van der Waals surface area (Å²) < 4.78 is 5.35. The van der Waals surface area contributed by atoms with Gasteiger partial charge in [-0.25, -0.2) is 0 Å². The number of carbonyl (C=O) groups excluding carboxylic acids is 1. The summed E-state index contributed by atoms with van der Waals surface area (Å²) in [5, 5.41) is 0. The molecule has 0 heterocycles. The minimum atomic E-state index is -0.0441. The lowest BCUT2D eigenvalue weighted by Crippen LogP contribution is -2.36. The number of nitrogen functional groups attached to an aromatic ring is 1. The molecule has 0 aliphatic carbocycles.